The third-order valence-electron chi connectivity index (χ3n) is 6.08. The number of aromatic hydroxyl groups is 1. The van der Waals surface area contributed by atoms with Crippen LogP contribution in [0.5, 0.6) is 5.75 Å². The highest BCUT2D eigenvalue weighted by Crippen LogP contribution is 2.43. The van der Waals surface area contributed by atoms with Crippen LogP contribution < -0.4 is 10.7 Å². The summed E-state index contributed by atoms with van der Waals surface area (Å²) in [5.74, 6) is 1.71. The van der Waals surface area contributed by atoms with Crippen molar-refractivity contribution in [3.05, 3.63) is 27.8 Å². The van der Waals surface area contributed by atoms with Crippen molar-refractivity contribution >= 4 is 17.7 Å². The van der Waals surface area contributed by atoms with E-state index in [0.717, 1.165) is 37.7 Å². The Balaban J connectivity index is 1.61. The highest BCUT2D eigenvalue weighted by molar-refractivity contribution is 7.99. The van der Waals surface area contributed by atoms with Gasteiger partial charge in [0.05, 0.1) is 6.10 Å². The van der Waals surface area contributed by atoms with E-state index in [0.29, 0.717) is 25.1 Å². The molecule has 1 unspecified atom stereocenters. The van der Waals surface area contributed by atoms with E-state index in [1.807, 2.05) is 0 Å². The van der Waals surface area contributed by atoms with Crippen LogP contribution in [0.1, 0.15) is 30.8 Å². The molecule has 3 rings (SSSR count). The van der Waals surface area contributed by atoms with E-state index in [4.69, 9.17) is 4.42 Å². The lowest BCUT2D eigenvalue weighted by molar-refractivity contribution is -0.123. The van der Waals surface area contributed by atoms with Gasteiger partial charge in [0.1, 0.15) is 5.76 Å². The first-order valence-electron chi connectivity index (χ1n) is 10.6. The maximum Gasteiger partial charge on any atom is 0.227 e. The van der Waals surface area contributed by atoms with Crippen molar-refractivity contribution in [3.63, 3.8) is 0 Å². The van der Waals surface area contributed by atoms with Crippen molar-refractivity contribution in [3.8, 4) is 5.75 Å². The molecule has 0 radical (unpaired) electrons. The van der Waals surface area contributed by atoms with Crippen LogP contribution in [0, 0.1) is 6.92 Å². The number of nitrogens with one attached hydrogen (secondary N) is 1. The second kappa shape index (κ2) is 10.2. The van der Waals surface area contributed by atoms with E-state index < -0.39 is 22.7 Å². The second-order valence-corrected chi connectivity index (χ2v) is 9.76. The van der Waals surface area contributed by atoms with Gasteiger partial charge in [-0.15, -0.1) is 0 Å². The minimum atomic E-state index is -0.701. The van der Waals surface area contributed by atoms with Gasteiger partial charge in [0, 0.05) is 57.2 Å². The monoisotopic (exact) mass is 439 g/mol. The van der Waals surface area contributed by atoms with Crippen LogP contribution in [-0.4, -0.2) is 89.8 Å². The minimum absolute atomic E-state index is 0.120. The van der Waals surface area contributed by atoms with Crippen molar-refractivity contribution in [2.75, 3.05) is 57.8 Å². The zero-order chi connectivity index (χ0) is 21.7. The molecule has 0 spiro atoms. The van der Waals surface area contributed by atoms with Gasteiger partial charge in [0.15, 0.2) is 5.76 Å². The number of aryl methyl sites for hydroxylation is 1. The van der Waals surface area contributed by atoms with Gasteiger partial charge in [0.2, 0.25) is 17.1 Å². The summed E-state index contributed by atoms with van der Waals surface area (Å²) < 4.78 is 5.77. The SMILES string of the molecule is Cc1cc(=O)c(O)c(C2(CC(=O)NCC(O)CN3CCN(C)CC3)CCSCC2)o1. The molecule has 2 aliphatic heterocycles. The highest BCUT2D eigenvalue weighted by atomic mass is 32.2. The van der Waals surface area contributed by atoms with E-state index in [-0.39, 0.29) is 24.6 Å². The number of hydrogen-bond acceptors (Lipinski definition) is 8. The molecule has 0 saturated carbocycles. The van der Waals surface area contributed by atoms with Gasteiger partial charge < -0.3 is 24.8 Å². The fourth-order valence-corrected chi connectivity index (χ4v) is 5.48. The van der Waals surface area contributed by atoms with Crippen molar-refractivity contribution in [2.45, 2.75) is 37.7 Å². The molecular formula is C21H33N3O5S. The molecule has 1 atom stereocenters. The molecule has 168 valence electrons. The number of piperazine rings is 1. The predicted molar refractivity (Wildman–Crippen MR) is 117 cm³/mol. The standard InChI is InChI=1S/C21H33N3O5S/c1-15-11-17(26)19(28)20(29-15)21(3-9-30-10-4-21)12-18(27)22-13-16(25)14-24-7-5-23(2)6-8-24/h11,16,25,28H,3-10,12-14H2,1-2H3,(H,22,27). The first kappa shape index (κ1) is 23.1. The smallest absolute Gasteiger partial charge is 0.227 e. The number of aliphatic hydroxyl groups excluding tert-OH is 1. The Hall–Kier alpha value is -1.55. The molecule has 2 fully saturated rings. The van der Waals surface area contributed by atoms with E-state index >= 15 is 0 Å². The van der Waals surface area contributed by atoms with Gasteiger partial charge in [-0.05, 0) is 38.3 Å². The normalized spacial score (nSPS) is 21.3. The van der Waals surface area contributed by atoms with Crippen LogP contribution in [0.15, 0.2) is 15.3 Å². The van der Waals surface area contributed by atoms with Crippen LogP contribution in [0.2, 0.25) is 0 Å². The summed E-state index contributed by atoms with van der Waals surface area (Å²) in [6, 6.07) is 1.26. The number of likely N-dealkylation sites (N-methyl/N-ethyl adjacent to an activating group) is 1. The molecule has 8 nitrogen and oxygen atoms in total. The number of thioether (sulfide) groups is 1. The number of hydrogen-bond donors (Lipinski definition) is 3. The number of nitrogens with zero attached hydrogens (tertiary/aromatic N) is 2. The molecule has 1 amide bonds. The molecule has 0 aromatic carbocycles. The molecule has 3 heterocycles. The van der Waals surface area contributed by atoms with Crippen molar-refractivity contribution < 1.29 is 19.4 Å². The molecule has 30 heavy (non-hydrogen) atoms. The Bertz CT molecular complexity index is 785. The second-order valence-electron chi connectivity index (χ2n) is 8.53. The summed E-state index contributed by atoms with van der Waals surface area (Å²) in [4.78, 5) is 29.3. The number of rotatable bonds is 7. The third-order valence-corrected chi connectivity index (χ3v) is 7.06. The van der Waals surface area contributed by atoms with E-state index in [1.165, 1.54) is 6.07 Å². The summed E-state index contributed by atoms with van der Waals surface area (Å²) in [6.07, 6.45) is 0.777. The Morgan fingerprint density at radius 2 is 1.97 bits per heavy atom. The summed E-state index contributed by atoms with van der Waals surface area (Å²) in [5, 5.41) is 23.6. The summed E-state index contributed by atoms with van der Waals surface area (Å²) in [5.41, 5.74) is -1.18. The lowest BCUT2D eigenvalue weighted by Gasteiger charge is -2.36. The Morgan fingerprint density at radius 1 is 1.30 bits per heavy atom. The predicted octanol–water partition coefficient (Wildman–Crippen LogP) is 0.533. The quantitative estimate of drug-likeness (QED) is 0.565. The fourth-order valence-electron chi connectivity index (χ4n) is 4.20. The van der Waals surface area contributed by atoms with Crippen LogP contribution in [-0.2, 0) is 10.2 Å². The van der Waals surface area contributed by atoms with Crippen molar-refractivity contribution in [1.29, 1.82) is 0 Å². The Morgan fingerprint density at radius 3 is 2.63 bits per heavy atom. The molecule has 2 aliphatic rings. The molecule has 1 aromatic rings. The summed E-state index contributed by atoms with van der Waals surface area (Å²) in [6.45, 7) is 6.16. The minimum Gasteiger partial charge on any atom is -0.502 e. The molecule has 1 aromatic heterocycles. The van der Waals surface area contributed by atoms with Crippen LogP contribution in [0.25, 0.3) is 0 Å². The van der Waals surface area contributed by atoms with Crippen LogP contribution in [0.4, 0.5) is 0 Å². The maximum atomic E-state index is 12.8. The lowest BCUT2D eigenvalue weighted by atomic mass is 9.75. The van der Waals surface area contributed by atoms with E-state index in [2.05, 4.69) is 22.2 Å². The maximum absolute atomic E-state index is 12.8. The largest absolute Gasteiger partial charge is 0.502 e. The number of amides is 1. The molecule has 9 heteroatoms. The Kier molecular flexibility index (Phi) is 7.84. The summed E-state index contributed by atoms with van der Waals surface area (Å²) >= 11 is 1.79. The van der Waals surface area contributed by atoms with E-state index in [1.54, 1.807) is 18.7 Å². The average molecular weight is 440 g/mol. The fraction of sp³-hybridized carbons (Fsp3) is 0.714. The first-order chi connectivity index (χ1) is 14.3. The number of carbonyl (C=O) groups is 1. The number of aliphatic hydroxyl groups is 1. The van der Waals surface area contributed by atoms with Gasteiger partial charge >= 0.3 is 0 Å². The van der Waals surface area contributed by atoms with Gasteiger partial charge in [-0.25, -0.2) is 0 Å². The topological polar surface area (TPSA) is 106 Å². The van der Waals surface area contributed by atoms with Gasteiger partial charge in [-0.3, -0.25) is 14.5 Å². The van der Waals surface area contributed by atoms with Crippen molar-refractivity contribution in [2.24, 2.45) is 0 Å². The van der Waals surface area contributed by atoms with Crippen LogP contribution in [0.3, 0.4) is 0 Å². The zero-order valence-electron chi connectivity index (χ0n) is 17.9. The molecule has 3 N–H and O–H groups in total. The third kappa shape index (κ3) is 5.78. The zero-order valence-corrected chi connectivity index (χ0v) is 18.7. The summed E-state index contributed by atoms with van der Waals surface area (Å²) in [7, 11) is 2.09. The van der Waals surface area contributed by atoms with Gasteiger partial charge in [0.25, 0.3) is 0 Å². The average Bonchev–Trinajstić information content (AvgIpc) is 2.71. The Labute approximate surface area is 181 Å². The van der Waals surface area contributed by atoms with Gasteiger partial charge in [-0.1, -0.05) is 0 Å². The van der Waals surface area contributed by atoms with Gasteiger partial charge in [-0.2, -0.15) is 11.8 Å². The molecular weight excluding hydrogens is 406 g/mol. The molecule has 0 aliphatic carbocycles. The molecule has 2 saturated heterocycles. The lowest BCUT2D eigenvalue weighted by Crippen LogP contribution is -2.49. The van der Waals surface area contributed by atoms with E-state index in [9.17, 15) is 19.8 Å². The number of β-amino-alcohol motifs (C(OH)–C–C–N with tert-alkyl or cyclic N) is 1. The molecule has 0 bridgehead atoms. The first-order valence-corrected chi connectivity index (χ1v) is 11.7. The highest BCUT2D eigenvalue weighted by Gasteiger charge is 2.41. The van der Waals surface area contributed by atoms with Crippen molar-refractivity contribution in [1.82, 2.24) is 15.1 Å². The van der Waals surface area contributed by atoms with Crippen LogP contribution >= 0.6 is 11.8 Å². The number of carbonyl (C=O) groups excluding carboxylic acids is 1.